The summed E-state index contributed by atoms with van der Waals surface area (Å²) < 4.78 is 0. The number of hydrogen-bond acceptors (Lipinski definition) is 1. The van der Waals surface area contributed by atoms with Gasteiger partial charge in [0.15, 0.2) is 0 Å². The van der Waals surface area contributed by atoms with E-state index in [0.717, 1.165) is 0 Å². The largest absolute Gasteiger partial charge is 0.330 e. The van der Waals surface area contributed by atoms with Crippen LogP contribution < -0.4 is 5.73 Å². The minimum Gasteiger partial charge on any atom is -0.330 e. The van der Waals surface area contributed by atoms with E-state index in [9.17, 15) is 0 Å². The second kappa shape index (κ2) is 4.60. The first kappa shape index (κ1) is 7.44. The Kier molecular flexibility index (Phi) is 4.27. The lowest BCUT2D eigenvalue weighted by Crippen LogP contribution is -2.08. The van der Waals surface area contributed by atoms with Crippen molar-refractivity contribution in [3.8, 4) is 0 Å². The third kappa shape index (κ3) is 2.59. The molecule has 2 N–H and O–H groups in total. The number of hydrogen-bond donors (Lipinski definition) is 1. The van der Waals surface area contributed by atoms with E-state index in [0.29, 0.717) is 12.5 Å². The van der Waals surface area contributed by atoms with Gasteiger partial charge in [-0.25, -0.2) is 0 Å². The average Bonchev–Trinajstić information content (AvgIpc) is 1.83. The van der Waals surface area contributed by atoms with Crippen molar-refractivity contribution in [3.63, 3.8) is 0 Å². The lowest BCUT2D eigenvalue weighted by molar-refractivity contribution is 0.821. The summed E-state index contributed by atoms with van der Waals surface area (Å²) in [5.41, 5.74) is 5.35. The standard InChI is InChI=1S/C7H13N/c1-3-5-7(4-2)6-8/h3-5,7H,2,6,8H2,1H3/b5-3-. The smallest absolute Gasteiger partial charge is 0.00667 e. The maximum Gasteiger partial charge on any atom is 0.00667 e. The molecule has 0 saturated carbocycles. The lowest BCUT2D eigenvalue weighted by Gasteiger charge is -1.98. The molecule has 1 heteroatoms. The highest BCUT2D eigenvalue weighted by molar-refractivity contribution is 4.95. The third-order valence-corrected chi connectivity index (χ3v) is 1.01. The lowest BCUT2D eigenvalue weighted by atomic mass is 10.1. The first-order valence-corrected chi connectivity index (χ1v) is 2.80. The van der Waals surface area contributed by atoms with Crippen molar-refractivity contribution < 1.29 is 0 Å². The summed E-state index contributed by atoms with van der Waals surface area (Å²) in [4.78, 5) is 0. The zero-order valence-corrected chi connectivity index (χ0v) is 5.30. The van der Waals surface area contributed by atoms with E-state index in [1.54, 1.807) is 0 Å². The molecular weight excluding hydrogens is 98.1 g/mol. The van der Waals surface area contributed by atoms with Gasteiger partial charge in [0.2, 0.25) is 0 Å². The molecule has 0 saturated heterocycles. The van der Waals surface area contributed by atoms with Gasteiger partial charge >= 0.3 is 0 Å². The third-order valence-electron chi connectivity index (χ3n) is 1.01. The first-order valence-electron chi connectivity index (χ1n) is 2.80. The van der Waals surface area contributed by atoms with Crippen molar-refractivity contribution in [2.24, 2.45) is 11.7 Å². The van der Waals surface area contributed by atoms with E-state index in [-0.39, 0.29) is 0 Å². The monoisotopic (exact) mass is 111 g/mol. The van der Waals surface area contributed by atoms with Gasteiger partial charge in [-0.15, -0.1) is 6.58 Å². The topological polar surface area (TPSA) is 26.0 Å². The molecule has 1 atom stereocenters. The molecule has 0 aliphatic heterocycles. The van der Waals surface area contributed by atoms with Gasteiger partial charge in [0.25, 0.3) is 0 Å². The van der Waals surface area contributed by atoms with Crippen molar-refractivity contribution in [2.75, 3.05) is 6.54 Å². The van der Waals surface area contributed by atoms with Gasteiger partial charge in [0.05, 0.1) is 0 Å². The molecule has 0 aromatic heterocycles. The fourth-order valence-corrected chi connectivity index (χ4v) is 0.501. The molecule has 0 radical (unpaired) electrons. The SMILES string of the molecule is C=CC(/C=C\C)CN. The van der Waals surface area contributed by atoms with Crippen molar-refractivity contribution >= 4 is 0 Å². The molecule has 0 aromatic carbocycles. The summed E-state index contributed by atoms with van der Waals surface area (Å²) in [6.07, 6.45) is 5.87. The van der Waals surface area contributed by atoms with Crippen molar-refractivity contribution in [1.82, 2.24) is 0 Å². The molecule has 0 bridgehead atoms. The predicted molar refractivity (Wildman–Crippen MR) is 37.6 cm³/mol. The molecule has 1 unspecified atom stereocenters. The second-order valence-corrected chi connectivity index (χ2v) is 1.66. The van der Waals surface area contributed by atoms with Crippen molar-refractivity contribution in [2.45, 2.75) is 6.92 Å². The van der Waals surface area contributed by atoms with Gasteiger partial charge in [0, 0.05) is 12.5 Å². The molecule has 0 aliphatic carbocycles. The summed E-state index contributed by atoms with van der Waals surface area (Å²) in [6, 6.07) is 0. The van der Waals surface area contributed by atoms with Gasteiger partial charge in [0.1, 0.15) is 0 Å². The van der Waals surface area contributed by atoms with Crippen molar-refractivity contribution in [3.05, 3.63) is 24.8 Å². The van der Waals surface area contributed by atoms with E-state index < -0.39 is 0 Å². The fourth-order valence-electron chi connectivity index (χ4n) is 0.501. The van der Waals surface area contributed by atoms with Crippen molar-refractivity contribution in [1.29, 1.82) is 0 Å². The average molecular weight is 111 g/mol. The molecule has 8 heavy (non-hydrogen) atoms. The van der Waals surface area contributed by atoms with Crippen LogP contribution in [0.1, 0.15) is 6.92 Å². The van der Waals surface area contributed by atoms with Crippen LogP contribution in [0.2, 0.25) is 0 Å². The summed E-state index contributed by atoms with van der Waals surface area (Å²) >= 11 is 0. The van der Waals surface area contributed by atoms with E-state index in [4.69, 9.17) is 5.73 Å². The highest BCUT2D eigenvalue weighted by Gasteiger charge is 1.90. The molecule has 0 aromatic rings. The summed E-state index contributed by atoms with van der Waals surface area (Å²) in [6.45, 7) is 6.26. The predicted octanol–water partition coefficient (Wildman–Crippen LogP) is 1.32. The Labute approximate surface area is 50.9 Å². The zero-order chi connectivity index (χ0) is 6.41. The van der Waals surface area contributed by atoms with Crippen LogP contribution >= 0.6 is 0 Å². The van der Waals surface area contributed by atoms with Gasteiger partial charge in [-0.1, -0.05) is 18.2 Å². The molecule has 1 nitrogen and oxygen atoms in total. The molecule has 0 heterocycles. The van der Waals surface area contributed by atoms with Gasteiger partial charge < -0.3 is 5.73 Å². The van der Waals surface area contributed by atoms with Crippen LogP contribution in [-0.2, 0) is 0 Å². The van der Waals surface area contributed by atoms with Crippen LogP contribution in [0.15, 0.2) is 24.8 Å². The maximum absolute atomic E-state index is 5.35. The number of allylic oxidation sites excluding steroid dienone is 1. The van der Waals surface area contributed by atoms with Gasteiger partial charge in [-0.3, -0.25) is 0 Å². The molecular formula is C7H13N. The van der Waals surface area contributed by atoms with Crippen LogP contribution in [0, 0.1) is 5.92 Å². The van der Waals surface area contributed by atoms with Gasteiger partial charge in [-0.05, 0) is 6.92 Å². The first-order chi connectivity index (χ1) is 3.85. The van der Waals surface area contributed by atoms with Crippen LogP contribution in [0.4, 0.5) is 0 Å². The molecule has 0 rings (SSSR count). The highest BCUT2D eigenvalue weighted by atomic mass is 14.5. The van der Waals surface area contributed by atoms with E-state index in [2.05, 4.69) is 6.58 Å². The summed E-state index contributed by atoms with van der Waals surface area (Å²) in [5, 5.41) is 0. The quantitative estimate of drug-likeness (QED) is 0.546. The molecule has 0 amide bonds. The van der Waals surface area contributed by atoms with Crippen LogP contribution in [0.25, 0.3) is 0 Å². The van der Waals surface area contributed by atoms with Gasteiger partial charge in [-0.2, -0.15) is 0 Å². The van der Waals surface area contributed by atoms with Crippen LogP contribution in [-0.4, -0.2) is 6.54 Å². The Morgan fingerprint density at radius 1 is 1.75 bits per heavy atom. The number of nitrogens with two attached hydrogens (primary N) is 1. The zero-order valence-electron chi connectivity index (χ0n) is 5.30. The Morgan fingerprint density at radius 2 is 2.38 bits per heavy atom. The number of rotatable bonds is 3. The highest BCUT2D eigenvalue weighted by Crippen LogP contribution is 1.94. The Morgan fingerprint density at radius 3 is 2.50 bits per heavy atom. The Hall–Kier alpha value is -0.560. The molecule has 0 fully saturated rings. The minimum absolute atomic E-state index is 0.361. The molecule has 46 valence electrons. The minimum atomic E-state index is 0.361. The fraction of sp³-hybridized carbons (Fsp3) is 0.429. The maximum atomic E-state index is 5.35. The summed E-state index contributed by atoms with van der Waals surface area (Å²) in [7, 11) is 0. The Bertz CT molecular complexity index is 84.4. The molecule has 0 spiro atoms. The van der Waals surface area contributed by atoms with Crippen LogP contribution in [0.3, 0.4) is 0 Å². The van der Waals surface area contributed by atoms with E-state index in [1.807, 2.05) is 25.2 Å². The second-order valence-electron chi connectivity index (χ2n) is 1.66. The van der Waals surface area contributed by atoms with E-state index in [1.165, 1.54) is 0 Å². The van der Waals surface area contributed by atoms with Crippen LogP contribution in [0.5, 0.6) is 0 Å². The summed E-state index contributed by atoms with van der Waals surface area (Å²) in [5.74, 6) is 0.361. The van der Waals surface area contributed by atoms with E-state index >= 15 is 0 Å². The Balaban J connectivity index is 3.52. The molecule has 0 aliphatic rings. The normalized spacial score (nSPS) is 14.2.